The largest absolute Gasteiger partial charge is 0.486 e. The van der Waals surface area contributed by atoms with Gasteiger partial charge in [-0.25, -0.2) is 0 Å². The molecule has 0 fully saturated rings. The van der Waals surface area contributed by atoms with Gasteiger partial charge in [0.2, 0.25) is 0 Å². The quantitative estimate of drug-likeness (QED) is 0.806. The fourth-order valence-corrected chi connectivity index (χ4v) is 1.36. The van der Waals surface area contributed by atoms with Gasteiger partial charge in [-0.15, -0.1) is 0 Å². The number of halogens is 1. The van der Waals surface area contributed by atoms with E-state index < -0.39 is 0 Å². The maximum atomic E-state index is 11.7. The van der Waals surface area contributed by atoms with Crippen LogP contribution in [0.5, 0.6) is 5.75 Å². The standard InChI is InChI=1S/C13H17ClO2/c1-9-7-10(14)5-6-11(9)16-8-12(15)13(2,3)4/h5-7H,8H2,1-4H3. The van der Waals surface area contributed by atoms with E-state index in [1.807, 2.05) is 33.8 Å². The summed E-state index contributed by atoms with van der Waals surface area (Å²) in [5.74, 6) is 0.795. The summed E-state index contributed by atoms with van der Waals surface area (Å²) in [5, 5.41) is 0.673. The van der Waals surface area contributed by atoms with E-state index >= 15 is 0 Å². The lowest BCUT2D eigenvalue weighted by atomic mass is 9.91. The molecule has 16 heavy (non-hydrogen) atoms. The summed E-state index contributed by atoms with van der Waals surface area (Å²) in [6.45, 7) is 7.66. The number of carbonyl (C=O) groups excluding carboxylic acids is 1. The first-order chi connectivity index (χ1) is 7.30. The molecule has 2 nitrogen and oxygen atoms in total. The molecule has 1 aromatic rings. The molecule has 0 amide bonds. The van der Waals surface area contributed by atoms with E-state index in [0.29, 0.717) is 10.8 Å². The topological polar surface area (TPSA) is 26.3 Å². The number of hydrogen-bond acceptors (Lipinski definition) is 2. The number of carbonyl (C=O) groups is 1. The molecule has 1 rings (SSSR count). The summed E-state index contributed by atoms with van der Waals surface area (Å²) in [5.41, 5.74) is 0.578. The molecule has 0 saturated heterocycles. The van der Waals surface area contributed by atoms with Gasteiger partial charge in [0.15, 0.2) is 5.78 Å². The van der Waals surface area contributed by atoms with Crippen LogP contribution < -0.4 is 4.74 Å². The monoisotopic (exact) mass is 240 g/mol. The van der Waals surface area contributed by atoms with Gasteiger partial charge in [0.25, 0.3) is 0 Å². The summed E-state index contributed by atoms with van der Waals surface area (Å²) in [7, 11) is 0. The number of rotatable bonds is 3. The Bertz CT molecular complexity index is 391. The van der Waals surface area contributed by atoms with E-state index in [1.165, 1.54) is 0 Å². The molecule has 0 saturated carbocycles. The fraction of sp³-hybridized carbons (Fsp3) is 0.462. The predicted molar refractivity (Wildman–Crippen MR) is 66.1 cm³/mol. The molecule has 88 valence electrons. The molecular formula is C13H17ClO2. The number of Topliss-reactive ketones (excluding diaryl/α,β-unsaturated/α-hetero) is 1. The number of hydrogen-bond donors (Lipinski definition) is 0. The second kappa shape index (κ2) is 4.88. The van der Waals surface area contributed by atoms with Crippen LogP contribution in [0.2, 0.25) is 5.02 Å². The van der Waals surface area contributed by atoms with Crippen molar-refractivity contribution in [3.05, 3.63) is 28.8 Å². The summed E-state index contributed by atoms with van der Waals surface area (Å²) < 4.78 is 5.47. The fourth-order valence-electron chi connectivity index (χ4n) is 1.13. The van der Waals surface area contributed by atoms with Crippen molar-refractivity contribution < 1.29 is 9.53 Å². The molecule has 0 bridgehead atoms. The van der Waals surface area contributed by atoms with Crippen LogP contribution in [0.4, 0.5) is 0 Å². The first-order valence-electron chi connectivity index (χ1n) is 5.23. The lowest BCUT2D eigenvalue weighted by Gasteiger charge is -2.17. The number of aryl methyl sites for hydroxylation is 1. The predicted octanol–water partition coefficient (Wildman–Crippen LogP) is 3.64. The van der Waals surface area contributed by atoms with E-state index in [-0.39, 0.29) is 17.8 Å². The normalized spacial score (nSPS) is 11.3. The van der Waals surface area contributed by atoms with Gasteiger partial charge >= 0.3 is 0 Å². The second-order valence-electron chi connectivity index (χ2n) is 4.87. The number of benzene rings is 1. The highest BCUT2D eigenvalue weighted by atomic mass is 35.5. The maximum absolute atomic E-state index is 11.7. The van der Waals surface area contributed by atoms with Crippen molar-refractivity contribution in [3.8, 4) is 5.75 Å². The van der Waals surface area contributed by atoms with Gasteiger partial charge in [0.05, 0.1) is 0 Å². The zero-order chi connectivity index (χ0) is 12.3. The van der Waals surface area contributed by atoms with E-state index in [2.05, 4.69) is 0 Å². The molecule has 0 aliphatic rings. The van der Waals surface area contributed by atoms with Crippen molar-refractivity contribution in [1.29, 1.82) is 0 Å². The molecule has 0 aliphatic heterocycles. The average molecular weight is 241 g/mol. The molecular weight excluding hydrogens is 224 g/mol. The van der Waals surface area contributed by atoms with E-state index in [0.717, 1.165) is 5.56 Å². The SMILES string of the molecule is Cc1cc(Cl)ccc1OCC(=O)C(C)(C)C. The molecule has 0 N–H and O–H groups in total. The highest BCUT2D eigenvalue weighted by molar-refractivity contribution is 6.30. The van der Waals surface area contributed by atoms with E-state index in [9.17, 15) is 4.79 Å². The maximum Gasteiger partial charge on any atom is 0.175 e. The van der Waals surface area contributed by atoms with Gasteiger partial charge in [0.1, 0.15) is 12.4 Å². The van der Waals surface area contributed by atoms with Crippen molar-refractivity contribution in [3.63, 3.8) is 0 Å². The minimum atomic E-state index is -0.361. The first-order valence-corrected chi connectivity index (χ1v) is 5.61. The molecule has 0 atom stereocenters. The Labute approximate surface area is 102 Å². The third-order valence-electron chi connectivity index (χ3n) is 2.33. The molecule has 0 aliphatic carbocycles. The van der Waals surface area contributed by atoms with Crippen LogP contribution in [-0.2, 0) is 4.79 Å². The van der Waals surface area contributed by atoms with Crippen LogP contribution in [0.1, 0.15) is 26.3 Å². The van der Waals surface area contributed by atoms with Gasteiger partial charge in [-0.2, -0.15) is 0 Å². The Morgan fingerprint density at radius 2 is 2.00 bits per heavy atom. The summed E-state index contributed by atoms with van der Waals surface area (Å²) >= 11 is 5.83. The Balaban J connectivity index is 2.65. The number of ketones is 1. The van der Waals surface area contributed by atoms with Crippen LogP contribution in [0.15, 0.2) is 18.2 Å². The molecule has 0 spiro atoms. The number of ether oxygens (including phenoxy) is 1. The highest BCUT2D eigenvalue weighted by Crippen LogP contribution is 2.22. The lowest BCUT2D eigenvalue weighted by molar-refractivity contribution is -0.128. The van der Waals surface area contributed by atoms with Crippen molar-refractivity contribution in [2.24, 2.45) is 5.41 Å². The van der Waals surface area contributed by atoms with Crippen molar-refractivity contribution in [2.45, 2.75) is 27.7 Å². The Kier molecular flexibility index (Phi) is 3.98. The van der Waals surface area contributed by atoms with Gasteiger partial charge in [-0.05, 0) is 30.7 Å². The van der Waals surface area contributed by atoms with Gasteiger partial charge in [-0.1, -0.05) is 32.4 Å². The molecule has 0 heterocycles. The lowest BCUT2D eigenvalue weighted by Crippen LogP contribution is -2.26. The van der Waals surface area contributed by atoms with Gasteiger partial charge in [-0.3, -0.25) is 4.79 Å². The second-order valence-corrected chi connectivity index (χ2v) is 5.31. The van der Waals surface area contributed by atoms with Crippen molar-refractivity contribution >= 4 is 17.4 Å². The summed E-state index contributed by atoms with van der Waals surface area (Å²) in [4.78, 5) is 11.7. The molecule has 0 aromatic heterocycles. The Morgan fingerprint density at radius 3 is 2.50 bits per heavy atom. The van der Waals surface area contributed by atoms with Crippen LogP contribution in [0, 0.1) is 12.3 Å². The van der Waals surface area contributed by atoms with Crippen LogP contribution >= 0.6 is 11.6 Å². The Morgan fingerprint density at radius 1 is 1.38 bits per heavy atom. The summed E-state index contributed by atoms with van der Waals surface area (Å²) in [6.07, 6.45) is 0. The zero-order valence-electron chi connectivity index (χ0n) is 10.1. The third-order valence-corrected chi connectivity index (χ3v) is 2.57. The van der Waals surface area contributed by atoms with Crippen LogP contribution in [0.25, 0.3) is 0 Å². The van der Waals surface area contributed by atoms with Gasteiger partial charge in [0, 0.05) is 10.4 Å². The highest BCUT2D eigenvalue weighted by Gasteiger charge is 2.21. The minimum absolute atomic E-state index is 0.0850. The van der Waals surface area contributed by atoms with Crippen molar-refractivity contribution in [2.75, 3.05) is 6.61 Å². The van der Waals surface area contributed by atoms with E-state index in [4.69, 9.17) is 16.3 Å². The molecule has 3 heteroatoms. The zero-order valence-corrected chi connectivity index (χ0v) is 10.9. The molecule has 1 aromatic carbocycles. The van der Waals surface area contributed by atoms with Gasteiger partial charge < -0.3 is 4.74 Å². The smallest absolute Gasteiger partial charge is 0.175 e. The van der Waals surface area contributed by atoms with Crippen LogP contribution in [0.3, 0.4) is 0 Å². The van der Waals surface area contributed by atoms with Crippen molar-refractivity contribution in [1.82, 2.24) is 0 Å². The summed E-state index contributed by atoms with van der Waals surface area (Å²) in [6, 6.07) is 5.36. The first kappa shape index (κ1) is 13.0. The average Bonchev–Trinajstić information content (AvgIpc) is 2.14. The van der Waals surface area contributed by atoms with Crippen LogP contribution in [-0.4, -0.2) is 12.4 Å². The van der Waals surface area contributed by atoms with E-state index in [1.54, 1.807) is 12.1 Å². The third kappa shape index (κ3) is 3.53. The molecule has 0 unspecified atom stereocenters. The minimum Gasteiger partial charge on any atom is -0.486 e. The molecule has 0 radical (unpaired) electrons. The Hall–Kier alpha value is -1.02.